The number of aliphatic hydroxyl groups is 3. The van der Waals surface area contributed by atoms with Crippen molar-refractivity contribution in [2.24, 2.45) is 0 Å². The highest BCUT2D eigenvalue weighted by molar-refractivity contribution is 9.10. The van der Waals surface area contributed by atoms with E-state index in [1.165, 1.54) is 0 Å². The lowest BCUT2D eigenvalue weighted by atomic mass is 9.97. The molecule has 1 aromatic rings. The van der Waals surface area contributed by atoms with Crippen LogP contribution in [0.2, 0.25) is 0 Å². The van der Waals surface area contributed by atoms with Crippen LogP contribution in [0.4, 0.5) is 0 Å². The molecule has 6 nitrogen and oxygen atoms in total. The predicted molar refractivity (Wildman–Crippen MR) is 79.8 cm³/mol. The SMILES string of the molecule is CC1(C)O[C@H]2O[C@H]([C@H](O)[C@H](O)c3cccc(Br)c3)[C@H](O)[C@H]2O1. The Morgan fingerprint density at radius 2 is 1.95 bits per heavy atom. The Kier molecular flexibility index (Phi) is 4.32. The van der Waals surface area contributed by atoms with Gasteiger partial charge in [-0.2, -0.15) is 0 Å². The number of aliphatic hydroxyl groups excluding tert-OH is 3. The summed E-state index contributed by atoms with van der Waals surface area (Å²) < 4.78 is 17.4. The maximum atomic E-state index is 10.4. The summed E-state index contributed by atoms with van der Waals surface area (Å²) in [5.74, 6) is -0.838. The largest absolute Gasteiger partial charge is 0.387 e. The molecule has 0 radical (unpaired) electrons. The molecule has 0 aliphatic carbocycles. The van der Waals surface area contributed by atoms with E-state index in [-0.39, 0.29) is 0 Å². The molecule has 2 heterocycles. The fourth-order valence-corrected chi connectivity index (χ4v) is 3.28. The molecule has 2 saturated heterocycles. The summed E-state index contributed by atoms with van der Waals surface area (Å²) in [4.78, 5) is 0. The smallest absolute Gasteiger partial charge is 0.190 e. The van der Waals surface area contributed by atoms with E-state index in [4.69, 9.17) is 14.2 Å². The Hall–Kier alpha value is -0.540. The zero-order valence-electron chi connectivity index (χ0n) is 12.2. The zero-order valence-corrected chi connectivity index (χ0v) is 13.8. The van der Waals surface area contributed by atoms with Crippen molar-refractivity contribution in [2.75, 3.05) is 0 Å². The van der Waals surface area contributed by atoms with Crippen LogP contribution in [0.1, 0.15) is 25.5 Å². The van der Waals surface area contributed by atoms with Crippen LogP contribution in [0.25, 0.3) is 0 Å². The molecule has 7 heteroatoms. The van der Waals surface area contributed by atoms with Gasteiger partial charge in [0.25, 0.3) is 0 Å². The van der Waals surface area contributed by atoms with Gasteiger partial charge in [-0.3, -0.25) is 0 Å². The van der Waals surface area contributed by atoms with Gasteiger partial charge in [-0.05, 0) is 31.5 Å². The molecule has 2 aliphatic rings. The molecule has 0 aromatic heterocycles. The van der Waals surface area contributed by atoms with Crippen LogP contribution in [-0.2, 0) is 14.2 Å². The zero-order chi connectivity index (χ0) is 16.1. The van der Waals surface area contributed by atoms with Gasteiger partial charge in [-0.1, -0.05) is 28.1 Å². The molecule has 0 amide bonds. The van der Waals surface area contributed by atoms with Crippen molar-refractivity contribution < 1.29 is 29.5 Å². The number of hydrogen-bond donors (Lipinski definition) is 3. The minimum atomic E-state index is -1.30. The summed E-state index contributed by atoms with van der Waals surface area (Å²) in [5, 5.41) is 31.0. The Morgan fingerprint density at radius 3 is 2.59 bits per heavy atom. The average molecular weight is 375 g/mol. The maximum absolute atomic E-state index is 10.4. The highest BCUT2D eigenvalue weighted by Gasteiger charge is 2.56. The van der Waals surface area contributed by atoms with Crippen molar-refractivity contribution >= 4 is 15.9 Å². The van der Waals surface area contributed by atoms with Gasteiger partial charge in [0.1, 0.15) is 30.5 Å². The van der Waals surface area contributed by atoms with E-state index in [1.54, 1.807) is 32.0 Å². The van der Waals surface area contributed by atoms with Crippen LogP contribution in [0.3, 0.4) is 0 Å². The number of rotatable bonds is 3. The van der Waals surface area contributed by atoms with E-state index in [0.717, 1.165) is 4.47 Å². The number of fused-ring (bicyclic) bond motifs is 1. The Labute approximate surface area is 136 Å². The van der Waals surface area contributed by atoms with Gasteiger partial charge in [0.05, 0.1) is 0 Å². The van der Waals surface area contributed by atoms with Crippen molar-refractivity contribution in [3.05, 3.63) is 34.3 Å². The fraction of sp³-hybridized carbons (Fsp3) is 0.600. The molecule has 6 atom stereocenters. The lowest BCUT2D eigenvalue weighted by molar-refractivity contribution is -0.231. The first-order chi connectivity index (χ1) is 10.3. The van der Waals surface area contributed by atoms with Gasteiger partial charge in [-0.15, -0.1) is 0 Å². The van der Waals surface area contributed by atoms with Gasteiger partial charge in [-0.25, -0.2) is 0 Å². The van der Waals surface area contributed by atoms with E-state index in [9.17, 15) is 15.3 Å². The first-order valence-corrected chi connectivity index (χ1v) is 7.88. The molecule has 2 aliphatic heterocycles. The standard InChI is InChI=1S/C15H19BrO6/c1-15(2)21-13-11(19)12(20-14(13)22-15)10(18)9(17)7-4-3-5-8(16)6-7/h3-6,9-14,17-19H,1-2H3/t9-,10-,11+,12-,13-,14-/m1/s1. The normalized spacial score (nSPS) is 36.1. The molecule has 1 aromatic carbocycles. The van der Waals surface area contributed by atoms with Crippen LogP contribution in [0, 0.1) is 0 Å². The second kappa shape index (κ2) is 5.83. The van der Waals surface area contributed by atoms with Crippen LogP contribution in [0.5, 0.6) is 0 Å². The predicted octanol–water partition coefficient (Wildman–Crippen LogP) is 1.08. The molecule has 3 rings (SSSR count). The molecule has 3 N–H and O–H groups in total. The topological polar surface area (TPSA) is 88.4 Å². The van der Waals surface area contributed by atoms with Crippen molar-refractivity contribution in [3.8, 4) is 0 Å². The summed E-state index contributed by atoms with van der Waals surface area (Å²) in [5.41, 5.74) is 0.525. The summed E-state index contributed by atoms with van der Waals surface area (Å²) >= 11 is 3.31. The Morgan fingerprint density at radius 1 is 1.23 bits per heavy atom. The molecular formula is C15H19BrO6. The van der Waals surface area contributed by atoms with E-state index < -0.39 is 42.6 Å². The van der Waals surface area contributed by atoms with Gasteiger partial charge in [0.2, 0.25) is 0 Å². The molecular weight excluding hydrogens is 356 g/mol. The fourth-order valence-electron chi connectivity index (χ4n) is 2.87. The Bertz CT molecular complexity index is 551. The minimum absolute atomic E-state index is 0.525. The van der Waals surface area contributed by atoms with Crippen molar-refractivity contribution in [1.82, 2.24) is 0 Å². The second-order valence-electron chi connectivity index (χ2n) is 6.05. The average Bonchev–Trinajstić information content (AvgIpc) is 2.91. The lowest BCUT2D eigenvalue weighted by Crippen LogP contribution is -2.43. The van der Waals surface area contributed by atoms with Gasteiger partial charge < -0.3 is 29.5 Å². The Balaban J connectivity index is 1.73. The highest BCUT2D eigenvalue weighted by atomic mass is 79.9. The summed E-state index contributed by atoms with van der Waals surface area (Å²) in [6.07, 6.45) is -5.98. The van der Waals surface area contributed by atoms with Gasteiger partial charge in [0.15, 0.2) is 12.1 Å². The van der Waals surface area contributed by atoms with Crippen LogP contribution in [-0.4, -0.2) is 51.8 Å². The summed E-state index contributed by atoms with van der Waals surface area (Å²) in [7, 11) is 0. The number of ether oxygens (including phenoxy) is 3. The second-order valence-corrected chi connectivity index (χ2v) is 6.97. The highest BCUT2D eigenvalue weighted by Crippen LogP contribution is 2.39. The molecule has 2 fully saturated rings. The third-order valence-electron chi connectivity index (χ3n) is 3.90. The first kappa shape index (κ1) is 16.3. The molecule has 0 saturated carbocycles. The number of benzene rings is 1. The van der Waals surface area contributed by atoms with Crippen LogP contribution in [0.15, 0.2) is 28.7 Å². The molecule has 0 spiro atoms. The van der Waals surface area contributed by atoms with E-state index in [1.807, 2.05) is 6.07 Å². The van der Waals surface area contributed by atoms with Crippen molar-refractivity contribution in [3.63, 3.8) is 0 Å². The van der Waals surface area contributed by atoms with Gasteiger partial charge >= 0.3 is 0 Å². The van der Waals surface area contributed by atoms with Crippen LogP contribution < -0.4 is 0 Å². The monoisotopic (exact) mass is 374 g/mol. The van der Waals surface area contributed by atoms with Gasteiger partial charge in [0, 0.05) is 4.47 Å². The third kappa shape index (κ3) is 2.94. The minimum Gasteiger partial charge on any atom is -0.387 e. The summed E-state index contributed by atoms with van der Waals surface area (Å²) in [6.45, 7) is 3.45. The quantitative estimate of drug-likeness (QED) is 0.733. The van der Waals surface area contributed by atoms with E-state index >= 15 is 0 Å². The lowest BCUT2D eigenvalue weighted by Gasteiger charge is -2.28. The first-order valence-electron chi connectivity index (χ1n) is 7.09. The molecule has 0 unspecified atom stereocenters. The van der Waals surface area contributed by atoms with Crippen LogP contribution >= 0.6 is 15.9 Å². The van der Waals surface area contributed by atoms with E-state index in [0.29, 0.717) is 5.56 Å². The summed E-state index contributed by atoms with van der Waals surface area (Å²) in [6, 6.07) is 6.96. The number of hydrogen-bond acceptors (Lipinski definition) is 6. The molecule has 0 bridgehead atoms. The van der Waals surface area contributed by atoms with E-state index in [2.05, 4.69) is 15.9 Å². The van der Waals surface area contributed by atoms with Crippen molar-refractivity contribution in [1.29, 1.82) is 0 Å². The molecule has 22 heavy (non-hydrogen) atoms. The van der Waals surface area contributed by atoms with Crippen molar-refractivity contribution in [2.45, 2.75) is 56.4 Å². The third-order valence-corrected chi connectivity index (χ3v) is 4.40. The molecule has 122 valence electrons. The maximum Gasteiger partial charge on any atom is 0.190 e. The number of halogens is 1.